The monoisotopic (exact) mass is 371 g/mol. The van der Waals surface area contributed by atoms with Crippen LogP contribution in [0.25, 0.3) is 0 Å². The van der Waals surface area contributed by atoms with Gasteiger partial charge in [0.25, 0.3) is 0 Å². The van der Waals surface area contributed by atoms with Crippen LogP contribution < -0.4 is 10.1 Å². The Morgan fingerprint density at radius 2 is 1.93 bits per heavy atom. The van der Waals surface area contributed by atoms with Crippen LogP contribution in [0.3, 0.4) is 0 Å². The minimum atomic E-state index is -0.714. The summed E-state index contributed by atoms with van der Waals surface area (Å²) in [5.41, 5.74) is 3.61. The van der Waals surface area contributed by atoms with Crippen LogP contribution in [0.5, 0.6) is 5.75 Å². The summed E-state index contributed by atoms with van der Waals surface area (Å²) in [5.74, 6) is -0.505. The van der Waals surface area contributed by atoms with Crippen molar-refractivity contribution < 1.29 is 19.0 Å². The van der Waals surface area contributed by atoms with Crippen molar-refractivity contribution in [3.05, 3.63) is 64.5 Å². The number of ether oxygens (including phenoxy) is 1. The van der Waals surface area contributed by atoms with Crippen LogP contribution in [0, 0.1) is 25.6 Å². The maximum absolute atomic E-state index is 13.8. The predicted octanol–water partition coefficient (Wildman–Crippen LogP) is 4.36. The first-order valence-electron chi connectivity index (χ1n) is 9.38. The molecule has 2 aromatic carbocycles. The van der Waals surface area contributed by atoms with Crippen molar-refractivity contribution >= 4 is 5.97 Å². The van der Waals surface area contributed by atoms with Gasteiger partial charge in [0.15, 0.2) is 0 Å². The summed E-state index contributed by atoms with van der Waals surface area (Å²) >= 11 is 0. The van der Waals surface area contributed by atoms with Gasteiger partial charge in [0.05, 0.1) is 5.92 Å². The molecule has 1 aliphatic rings. The molecule has 27 heavy (non-hydrogen) atoms. The summed E-state index contributed by atoms with van der Waals surface area (Å²) in [6.45, 7) is 4.77. The highest BCUT2D eigenvalue weighted by molar-refractivity contribution is 5.71. The number of carbonyl (C=O) groups is 1. The van der Waals surface area contributed by atoms with Gasteiger partial charge in [-0.3, -0.25) is 4.79 Å². The van der Waals surface area contributed by atoms with Crippen LogP contribution in [0.4, 0.5) is 4.39 Å². The SMILES string of the molecule is Cc1cc(CNC2CCCC2C(=O)O)cc(C)c1OCc1ccccc1F. The Hall–Kier alpha value is -2.40. The minimum absolute atomic E-state index is 0.0279. The molecule has 3 rings (SSSR count). The van der Waals surface area contributed by atoms with Crippen LogP contribution in [-0.4, -0.2) is 17.1 Å². The third kappa shape index (κ3) is 4.66. The lowest BCUT2D eigenvalue weighted by molar-refractivity contribution is -0.142. The average Bonchev–Trinajstić information content (AvgIpc) is 3.09. The van der Waals surface area contributed by atoms with Crippen molar-refractivity contribution in [3.8, 4) is 5.75 Å². The Morgan fingerprint density at radius 3 is 2.59 bits per heavy atom. The predicted molar refractivity (Wildman–Crippen MR) is 102 cm³/mol. The summed E-state index contributed by atoms with van der Waals surface area (Å²) in [4.78, 5) is 11.3. The second kappa shape index (κ2) is 8.53. The first-order valence-corrected chi connectivity index (χ1v) is 9.38. The number of rotatable bonds is 7. The molecule has 4 nitrogen and oxygen atoms in total. The number of hydrogen-bond acceptors (Lipinski definition) is 3. The Bertz CT molecular complexity index is 798. The minimum Gasteiger partial charge on any atom is -0.488 e. The fraction of sp³-hybridized carbons (Fsp3) is 0.409. The van der Waals surface area contributed by atoms with Gasteiger partial charge in [0.2, 0.25) is 0 Å². The van der Waals surface area contributed by atoms with Crippen LogP contribution in [0.15, 0.2) is 36.4 Å². The normalized spacial score (nSPS) is 19.2. The Kier molecular flexibility index (Phi) is 6.11. The highest BCUT2D eigenvalue weighted by Gasteiger charge is 2.32. The number of carboxylic acids is 1. The first kappa shape index (κ1) is 19.4. The lowest BCUT2D eigenvalue weighted by Gasteiger charge is -2.19. The maximum atomic E-state index is 13.8. The van der Waals surface area contributed by atoms with Crippen LogP contribution in [0.1, 0.15) is 41.5 Å². The number of nitrogens with one attached hydrogen (secondary N) is 1. The van der Waals surface area contributed by atoms with E-state index in [4.69, 9.17) is 4.74 Å². The molecule has 144 valence electrons. The van der Waals surface area contributed by atoms with E-state index in [1.54, 1.807) is 18.2 Å². The molecule has 1 fully saturated rings. The molecule has 0 saturated heterocycles. The number of aryl methyl sites for hydroxylation is 2. The van der Waals surface area contributed by atoms with Crippen molar-refractivity contribution in [1.82, 2.24) is 5.32 Å². The van der Waals surface area contributed by atoms with Crippen molar-refractivity contribution in [2.24, 2.45) is 5.92 Å². The lowest BCUT2D eigenvalue weighted by atomic mass is 10.0. The van der Waals surface area contributed by atoms with E-state index in [2.05, 4.69) is 5.32 Å². The number of carboxylic acid groups (broad SMARTS) is 1. The molecule has 0 amide bonds. The summed E-state index contributed by atoms with van der Waals surface area (Å²) < 4.78 is 19.6. The van der Waals surface area contributed by atoms with Gasteiger partial charge < -0.3 is 15.2 Å². The van der Waals surface area contributed by atoms with Crippen LogP contribution in [0.2, 0.25) is 0 Å². The highest BCUT2D eigenvalue weighted by atomic mass is 19.1. The fourth-order valence-corrected chi connectivity index (χ4v) is 3.88. The number of aliphatic carboxylic acids is 1. The van der Waals surface area contributed by atoms with E-state index >= 15 is 0 Å². The molecule has 0 aliphatic heterocycles. The Labute approximate surface area is 159 Å². The Morgan fingerprint density at radius 1 is 1.22 bits per heavy atom. The van der Waals surface area contributed by atoms with Crippen LogP contribution >= 0.6 is 0 Å². The molecular formula is C22H26FNO3. The molecule has 0 aromatic heterocycles. The lowest BCUT2D eigenvalue weighted by Crippen LogP contribution is -2.35. The fourth-order valence-electron chi connectivity index (χ4n) is 3.88. The molecule has 0 radical (unpaired) electrons. The quantitative estimate of drug-likeness (QED) is 0.759. The zero-order valence-corrected chi connectivity index (χ0v) is 15.8. The average molecular weight is 371 g/mol. The molecular weight excluding hydrogens is 345 g/mol. The van der Waals surface area contributed by atoms with Gasteiger partial charge in [-0.15, -0.1) is 0 Å². The molecule has 0 bridgehead atoms. The van der Waals surface area contributed by atoms with E-state index in [9.17, 15) is 14.3 Å². The molecule has 2 unspecified atom stereocenters. The van der Waals surface area contributed by atoms with Gasteiger partial charge >= 0.3 is 5.97 Å². The third-order valence-electron chi connectivity index (χ3n) is 5.25. The molecule has 2 atom stereocenters. The first-order chi connectivity index (χ1) is 13.0. The zero-order chi connectivity index (χ0) is 19.4. The second-order valence-corrected chi connectivity index (χ2v) is 7.30. The standard InChI is InChI=1S/C22H26FNO3/c1-14-10-16(12-24-20-9-5-7-18(20)22(25)26)11-15(2)21(14)27-13-17-6-3-4-8-19(17)23/h3-4,6,8,10-11,18,20,24H,5,7,9,12-13H2,1-2H3,(H,25,26). The van der Waals surface area contributed by atoms with Crippen molar-refractivity contribution in [3.63, 3.8) is 0 Å². The van der Waals surface area contributed by atoms with E-state index in [0.717, 1.165) is 41.7 Å². The van der Waals surface area contributed by atoms with Gasteiger partial charge in [0, 0.05) is 18.2 Å². The maximum Gasteiger partial charge on any atom is 0.308 e. The molecule has 1 aliphatic carbocycles. The molecule has 5 heteroatoms. The summed E-state index contributed by atoms with van der Waals surface area (Å²) in [5, 5.41) is 12.7. The van der Waals surface area contributed by atoms with Gasteiger partial charge in [-0.2, -0.15) is 0 Å². The number of hydrogen-bond donors (Lipinski definition) is 2. The molecule has 1 saturated carbocycles. The smallest absolute Gasteiger partial charge is 0.308 e. The number of halogens is 1. The van der Waals surface area contributed by atoms with Gasteiger partial charge in [-0.05, 0) is 49.4 Å². The van der Waals surface area contributed by atoms with Crippen molar-refractivity contribution in [2.75, 3.05) is 0 Å². The topological polar surface area (TPSA) is 58.6 Å². The molecule has 0 spiro atoms. The highest BCUT2D eigenvalue weighted by Crippen LogP contribution is 2.28. The van der Waals surface area contributed by atoms with E-state index in [0.29, 0.717) is 12.1 Å². The summed E-state index contributed by atoms with van der Waals surface area (Å²) in [6.07, 6.45) is 2.60. The van der Waals surface area contributed by atoms with E-state index in [-0.39, 0.29) is 24.4 Å². The van der Waals surface area contributed by atoms with Gasteiger partial charge in [0.1, 0.15) is 18.2 Å². The van der Waals surface area contributed by atoms with E-state index in [1.165, 1.54) is 6.07 Å². The summed E-state index contributed by atoms with van der Waals surface area (Å²) in [6, 6.07) is 10.7. The van der Waals surface area contributed by atoms with Crippen molar-refractivity contribution in [2.45, 2.75) is 52.3 Å². The largest absolute Gasteiger partial charge is 0.488 e. The van der Waals surface area contributed by atoms with Gasteiger partial charge in [-0.25, -0.2) is 4.39 Å². The second-order valence-electron chi connectivity index (χ2n) is 7.30. The zero-order valence-electron chi connectivity index (χ0n) is 15.8. The third-order valence-corrected chi connectivity index (χ3v) is 5.25. The van der Waals surface area contributed by atoms with E-state index in [1.807, 2.05) is 26.0 Å². The molecule has 0 heterocycles. The molecule has 2 N–H and O–H groups in total. The summed E-state index contributed by atoms with van der Waals surface area (Å²) in [7, 11) is 0. The van der Waals surface area contributed by atoms with Crippen molar-refractivity contribution in [1.29, 1.82) is 0 Å². The van der Waals surface area contributed by atoms with E-state index < -0.39 is 5.97 Å². The van der Waals surface area contributed by atoms with Crippen LogP contribution in [-0.2, 0) is 17.9 Å². The molecule has 2 aromatic rings. The Balaban J connectivity index is 1.64. The van der Waals surface area contributed by atoms with Gasteiger partial charge in [-0.1, -0.05) is 36.8 Å². The number of benzene rings is 2.